The average Bonchev–Trinajstić information content (AvgIpc) is 2.99. The van der Waals surface area contributed by atoms with Crippen LogP contribution in [0.1, 0.15) is 44.4 Å². The lowest BCUT2D eigenvalue weighted by molar-refractivity contribution is 0.300. The van der Waals surface area contributed by atoms with Crippen LogP contribution in [-0.4, -0.2) is 29.0 Å². The highest BCUT2D eigenvalue weighted by molar-refractivity contribution is 5.14. The van der Waals surface area contributed by atoms with E-state index in [1.807, 2.05) is 6.20 Å². The van der Waals surface area contributed by atoms with Gasteiger partial charge in [0.15, 0.2) is 0 Å². The van der Waals surface area contributed by atoms with Gasteiger partial charge < -0.3 is 5.32 Å². The summed E-state index contributed by atoms with van der Waals surface area (Å²) in [5.74, 6) is 1.95. The van der Waals surface area contributed by atoms with Crippen molar-refractivity contribution in [2.24, 2.45) is 11.8 Å². The van der Waals surface area contributed by atoms with Gasteiger partial charge in [-0.25, -0.2) is 0 Å². The average molecular weight is 273 g/mol. The third-order valence-electron chi connectivity index (χ3n) is 4.79. The van der Waals surface area contributed by atoms with E-state index in [0.29, 0.717) is 6.04 Å². The Kier molecular flexibility index (Phi) is 4.37. The van der Waals surface area contributed by atoms with E-state index in [0.717, 1.165) is 24.9 Å². The highest BCUT2D eigenvalue weighted by Gasteiger charge is 2.35. The standard InChI is InChI=1S/C17H27N3/c1-13(2)18-8-14-6-7-17(19-9-14)12-20-10-15-4-3-5-16(15)11-20/h6-7,9,13,15-16,18H,3-5,8,10-12H2,1-2H3. The zero-order valence-corrected chi connectivity index (χ0v) is 12.8. The molecular weight excluding hydrogens is 246 g/mol. The minimum Gasteiger partial charge on any atom is -0.310 e. The molecule has 2 atom stereocenters. The Morgan fingerprint density at radius 2 is 2.00 bits per heavy atom. The molecular formula is C17H27N3. The van der Waals surface area contributed by atoms with Crippen molar-refractivity contribution in [2.45, 2.75) is 52.2 Å². The van der Waals surface area contributed by atoms with Crippen LogP contribution in [0.4, 0.5) is 0 Å². The summed E-state index contributed by atoms with van der Waals surface area (Å²) in [5.41, 5.74) is 2.50. The van der Waals surface area contributed by atoms with Crippen LogP contribution in [0.2, 0.25) is 0 Å². The second-order valence-corrected chi connectivity index (χ2v) is 6.84. The predicted molar refractivity (Wildman–Crippen MR) is 82.3 cm³/mol. The van der Waals surface area contributed by atoms with Crippen LogP contribution < -0.4 is 5.32 Å². The van der Waals surface area contributed by atoms with Crippen molar-refractivity contribution in [2.75, 3.05) is 13.1 Å². The molecule has 1 saturated carbocycles. The zero-order valence-electron chi connectivity index (χ0n) is 12.8. The molecule has 0 bridgehead atoms. The van der Waals surface area contributed by atoms with Crippen molar-refractivity contribution in [1.29, 1.82) is 0 Å². The molecule has 2 aliphatic rings. The number of likely N-dealkylation sites (tertiary alicyclic amines) is 1. The van der Waals surface area contributed by atoms with Gasteiger partial charge in [-0.15, -0.1) is 0 Å². The molecule has 0 radical (unpaired) electrons. The van der Waals surface area contributed by atoms with E-state index in [1.54, 1.807) is 0 Å². The van der Waals surface area contributed by atoms with Crippen LogP contribution in [-0.2, 0) is 13.1 Å². The smallest absolute Gasteiger partial charge is 0.0544 e. The summed E-state index contributed by atoms with van der Waals surface area (Å²) in [6.07, 6.45) is 6.39. The number of hydrogen-bond donors (Lipinski definition) is 1. The molecule has 1 N–H and O–H groups in total. The largest absolute Gasteiger partial charge is 0.310 e. The summed E-state index contributed by atoms with van der Waals surface area (Å²) < 4.78 is 0. The number of hydrogen-bond acceptors (Lipinski definition) is 3. The minimum atomic E-state index is 0.527. The Bertz CT molecular complexity index is 414. The third kappa shape index (κ3) is 3.39. The molecule has 3 rings (SSSR count). The first kappa shape index (κ1) is 14.0. The molecule has 2 heterocycles. The van der Waals surface area contributed by atoms with Gasteiger partial charge in [-0.1, -0.05) is 26.3 Å². The van der Waals surface area contributed by atoms with Gasteiger partial charge in [0.2, 0.25) is 0 Å². The van der Waals surface area contributed by atoms with Crippen LogP contribution in [0, 0.1) is 11.8 Å². The van der Waals surface area contributed by atoms with Crippen LogP contribution in [0.5, 0.6) is 0 Å². The molecule has 3 heteroatoms. The number of fused-ring (bicyclic) bond motifs is 1. The maximum Gasteiger partial charge on any atom is 0.0544 e. The van der Waals surface area contributed by atoms with Gasteiger partial charge in [0.25, 0.3) is 0 Å². The molecule has 1 saturated heterocycles. The van der Waals surface area contributed by atoms with E-state index in [9.17, 15) is 0 Å². The maximum absolute atomic E-state index is 4.63. The van der Waals surface area contributed by atoms with Crippen LogP contribution in [0.15, 0.2) is 18.3 Å². The maximum atomic E-state index is 4.63. The van der Waals surface area contributed by atoms with Gasteiger partial charge in [0, 0.05) is 38.4 Å². The number of rotatable bonds is 5. The highest BCUT2D eigenvalue weighted by atomic mass is 15.2. The molecule has 1 aromatic rings. The summed E-state index contributed by atoms with van der Waals surface area (Å²) in [7, 11) is 0. The summed E-state index contributed by atoms with van der Waals surface area (Å²) in [4.78, 5) is 7.23. The Labute approximate surface area is 122 Å². The van der Waals surface area contributed by atoms with Crippen molar-refractivity contribution < 1.29 is 0 Å². The summed E-state index contributed by atoms with van der Waals surface area (Å²) in [6.45, 7) is 8.88. The van der Waals surface area contributed by atoms with Crippen LogP contribution >= 0.6 is 0 Å². The zero-order chi connectivity index (χ0) is 13.9. The first-order chi connectivity index (χ1) is 9.70. The molecule has 1 aliphatic heterocycles. The second kappa shape index (κ2) is 6.23. The molecule has 2 fully saturated rings. The third-order valence-corrected chi connectivity index (χ3v) is 4.79. The fourth-order valence-corrected chi connectivity index (χ4v) is 3.67. The Morgan fingerprint density at radius 3 is 2.60 bits per heavy atom. The van der Waals surface area contributed by atoms with E-state index < -0.39 is 0 Å². The van der Waals surface area contributed by atoms with E-state index >= 15 is 0 Å². The van der Waals surface area contributed by atoms with Crippen molar-refractivity contribution >= 4 is 0 Å². The van der Waals surface area contributed by atoms with Gasteiger partial charge in [-0.3, -0.25) is 9.88 Å². The monoisotopic (exact) mass is 273 g/mol. The van der Waals surface area contributed by atoms with E-state index in [-0.39, 0.29) is 0 Å². The summed E-state index contributed by atoms with van der Waals surface area (Å²) in [5, 5.41) is 3.43. The SMILES string of the molecule is CC(C)NCc1ccc(CN2CC3CCCC3C2)nc1. The topological polar surface area (TPSA) is 28.2 Å². The van der Waals surface area contributed by atoms with Crippen LogP contribution in [0.3, 0.4) is 0 Å². The molecule has 3 nitrogen and oxygen atoms in total. The van der Waals surface area contributed by atoms with Gasteiger partial charge in [-0.05, 0) is 36.3 Å². The van der Waals surface area contributed by atoms with Gasteiger partial charge >= 0.3 is 0 Å². The Hall–Kier alpha value is -0.930. The quantitative estimate of drug-likeness (QED) is 0.894. The van der Waals surface area contributed by atoms with Gasteiger partial charge in [0.05, 0.1) is 5.69 Å². The summed E-state index contributed by atoms with van der Waals surface area (Å²) in [6, 6.07) is 4.94. The lowest BCUT2D eigenvalue weighted by Gasteiger charge is -2.16. The molecule has 0 spiro atoms. The molecule has 20 heavy (non-hydrogen) atoms. The van der Waals surface area contributed by atoms with Crippen molar-refractivity contribution in [1.82, 2.24) is 15.2 Å². The molecule has 1 aliphatic carbocycles. The first-order valence-electron chi connectivity index (χ1n) is 8.10. The lowest BCUT2D eigenvalue weighted by Crippen LogP contribution is -2.23. The number of pyridine rings is 1. The van der Waals surface area contributed by atoms with Crippen molar-refractivity contribution in [3.63, 3.8) is 0 Å². The molecule has 0 aromatic carbocycles. The molecule has 0 amide bonds. The van der Waals surface area contributed by atoms with Crippen molar-refractivity contribution in [3.05, 3.63) is 29.6 Å². The number of nitrogens with one attached hydrogen (secondary N) is 1. The molecule has 2 unspecified atom stereocenters. The minimum absolute atomic E-state index is 0.527. The van der Waals surface area contributed by atoms with E-state index in [4.69, 9.17) is 0 Å². The molecule has 1 aromatic heterocycles. The lowest BCUT2D eigenvalue weighted by atomic mass is 10.0. The molecule has 110 valence electrons. The Balaban J connectivity index is 1.51. The predicted octanol–water partition coefficient (Wildman–Crippen LogP) is 2.81. The fraction of sp³-hybridized carbons (Fsp3) is 0.706. The second-order valence-electron chi connectivity index (χ2n) is 6.84. The Morgan fingerprint density at radius 1 is 1.25 bits per heavy atom. The van der Waals surface area contributed by atoms with Crippen molar-refractivity contribution in [3.8, 4) is 0 Å². The van der Waals surface area contributed by atoms with Gasteiger partial charge in [-0.2, -0.15) is 0 Å². The fourth-order valence-electron chi connectivity index (χ4n) is 3.67. The number of nitrogens with zero attached hydrogens (tertiary/aromatic N) is 2. The van der Waals surface area contributed by atoms with Crippen LogP contribution in [0.25, 0.3) is 0 Å². The van der Waals surface area contributed by atoms with E-state index in [1.165, 1.54) is 43.6 Å². The van der Waals surface area contributed by atoms with Gasteiger partial charge in [0.1, 0.15) is 0 Å². The number of aromatic nitrogens is 1. The van der Waals surface area contributed by atoms with E-state index in [2.05, 4.69) is 41.2 Å². The highest BCUT2D eigenvalue weighted by Crippen LogP contribution is 2.37. The normalized spacial score (nSPS) is 26.4. The summed E-state index contributed by atoms with van der Waals surface area (Å²) >= 11 is 0. The first-order valence-corrected chi connectivity index (χ1v) is 8.10.